The summed E-state index contributed by atoms with van der Waals surface area (Å²) in [4.78, 5) is 12.1. The van der Waals surface area contributed by atoms with Crippen LogP contribution in [0.5, 0.6) is 0 Å². The number of rotatable bonds is 6. The summed E-state index contributed by atoms with van der Waals surface area (Å²) in [6, 6.07) is 5.47. The lowest BCUT2D eigenvalue weighted by atomic mass is 9.89. The first kappa shape index (κ1) is 15.0. The molecule has 0 bridgehead atoms. The predicted molar refractivity (Wildman–Crippen MR) is 79.1 cm³/mol. The van der Waals surface area contributed by atoms with Gasteiger partial charge in [0.1, 0.15) is 5.82 Å². The van der Waals surface area contributed by atoms with E-state index >= 15 is 0 Å². The van der Waals surface area contributed by atoms with Gasteiger partial charge in [-0.2, -0.15) is 0 Å². The first-order valence-electron chi connectivity index (χ1n) is 7.56. The highest BCUT2D eigenvalue weighted by atomic mass is 19.1. The fourth-order valence-corrected chi connectivity index (χ4v) is 2.59. The lowest BCUT2D eigenvalue weighted by molar-refractivity contribution is -0.122. The maximum atomic E-state index is 13.4. The molecule has 1 aliphatic carbocycles. The largest absolute Gasteiger partial charge is 0.354 e. The number of carbonyl (C=O) groups excluding carboxylic acids is 1. The van der Waals surface area contributed by atoms with Gasteiger partial charge >= 0.3 is 0 Å². The van der Waals surface area contributed by atoms with Crippen molar-refractivity contribution in [2.24, 2.45) is 5.92 Å². The monoisotopic (exact) mass is 277 g/mol. The molecule has 0 heterocycles. The molecule has 1 fully saturated rings. The second kappa shape index (κ2) is 6.38. The summed E-state index contributed by atoms with van der Waals surface area (Å²) >= 11 is 0. The Morgan fingerprint density at radius 1 is 1.45 bits per heavy atom. The Labute approximate surface area is 120 Å². The average molecular weight is 277 g/mol. The third kappa shape index (κ3) is 3.81. The van der Waals surface area contributed by atoms with Gasteiger partial charge in [0.2, 0.25) is 5.91 Å². The lowest BCUT2D eigenvalue weighted by Crippen LogP contribution is -2.33. The van der Waals surface area contributed by atoms with E-state index in [4.69, 9.17) is 0 Å². The van der Waals surface area contributed by atoms with Crippen molar-refractivity contribution in [1.29, 1.82) is 0 Å². The molecule has 20 heavy (non-hydrogen) atoms. The zero-order chi connectivity index (χ0) is 14.7. The molecule has 1 amide bonds. The maximum Gasteiger partial charge on any atom is 0.220 e. The van der Waals surface area contributed by atoms with Gasteiger partial charge in [0, 0.05) is 12.5 Å². The van der Waals surface area contributed by atoms with E-state index in [1.807, 2.05) is 19.1 Å². The molecule has 0 aromatic heterocycles. The van der Waals surface area contributed by atoms with Gasteiger partial charge < -0.3 is 5.32 Å². The van der Waals surface area contributed by atoms with Crippen molar-refractivity contribution in [2.45, 2.75) is 58.4 Å². The van der Waals surface area contributed by atoms with E-state index in [-0.39, 0.29) is 23.7 Å². The Bertz CT molecular complexity index is 482. The molecular formula is C17H24FNO. The first-order chi connectivity index (χ1) is 9.51. The van der Waals surface area contributed by atoms with Gasteiger partial charge in [0.25, 0.3) is 0 Å². The number of hydrogen-bond acceptors (Lipinski definition) is 1. The quantitative estimate of drug-likeness (QED) is 0.838. The van der Waals surface area contributed by atoms with Gasteiger partial charge in [-0.05, 0) is 62.1 Å². The van der Waals surface area contributed by atoms with E-state index in [2.05, 4.69) is 12.2 Å². The molecule has 1 N–H and O–H groups in total. The van der Waals surface area contributed by atoms with Crippen LogP contribution in [0.25, 0.3) is 0 Å². The number of aryl methyl sites for hydroxylation is 1. The van der Waals surface area contributed by atoms with Crippen molar-refractivity contribution in [2.75, 3.05) is 0 Å². The normalized spacial score (nSPS) is 17.6. The summed E-state index contributed by atoms with van der Waals surface area (Å²) < 4.78 is 13.4. The Hall–Kier alpha value is -1.38. The van der Waals surface area contributed by atoms with Crippen molar-refractivity contribution in [3.63, 3.8) is 0 Å². The molecule has 2 rings (SSSR count). The van der Waals surface area contributed by atoms with Gasteiger partial charge in [0.15, 0.2) is 0 Å². The average Bonchev–Trinajstić information content (AvgIpc) is 3.23. The topological polar surface area (TPSA) is 29.1 Å². The van der Waals surface area contributed by atoms with Gasteiger partial charge in [0.05, 0.1) is 0 Å². The molecule has 0 spiro atoms. The van der Waals surface area contributed by atoms with E-state index < -0.39 is 0 Å². The number of amides is 1. The molecule has 110 valence electrons. The summed E-state index contributed by atoms with van der Waals surface area (Å²) in [5.74, 6) is 0.756. The molecule has 3 heteroatoms. The van der Waals surface area contributed by atoms with Crippen LogP contribution in [0.4, 0.5) is 4.39 Å². The van der Waals surface area contributed by atoms with Crippen LogP contribution in [0.2, 0.25) is 0 Å². The highest BCUT2D eigenvalue weighted by molar-refractivity contribution is 5.77. The molecule has 1 aromatic rings. The van der Waals surface area contributed by atoms with Crippen molar-refractivity contribution in [3.8, 4) is 0 Å². The van der Waals surface area contributed by atoms with Gasteiger partial charge in [-0.3, -0.25) is 4.79 Å². The van der Waals surface area contributed by atoms with E-state index in [1.165, 1.54) is 18.9 Å². The minimum Gasteiger partial charge on any atom is -0.354 e. The third-order valence-electron chi connectivity index (χ3n) is 4.23. The van der Waals surface area contributed by atoms with E-state index in [9.17, 15) is 9.18 Å². The van der Waals surface area contributed by atoms with Crippen LogP contribution in [0, 0.1) is 18.7 Å². The maximum absolute atomic E-state index is 13.4. The zero-order valence-corrected chi connectivity index (χ0v) is 12.6. The lowest BCUT2D eigenvalue weighted by Gasteiger charge is -2.19. The van der Waals surface area contributed by atoms with Gasteiger partial charge in [-0.25, -0.2) is 4.39 Å². The van der Waals surface area contributed by atoms with Crippen LogP contribution in [-0.4, -0.2) is 11.9 Å². The van der Waals surface area contributed by atoms with Crippen LogP contribution in [0.3, 0.4) is 0 Å². The third-order valence-corrected chi connectivity index (χ3v) is 4.23. The van der Waals surface area contributed by atoms with E-state index in [1.54, 1.807) is 6.92 Å². The predicted octanol–water partition coefficient (Wildman–Crippen LogP) is 3.93. The minimum absolute atomic E-state index is 0.109. The summed E-state index contributed by atoms with van der Waals surface area (Å²) in [7, 11) is 0. The molecule has 0 aliphatic heterocycles. The SMILES string of the molecule is CCC(C)NC(=O)CC(c1ccc(F)c(C)c1)C1CC1. The molecule has 1 aromatic carbocycles. The fourth-order valence-electron chi connectivity index (χ4n) is 2.59. The number of benzene rings is 1. The van der Waals surface area contributed by atoms with E-state index in [0.717, 1.165) is 12.0 Å². The highest BCUT2D eigenvalue weighted by Gasteiger charge is 2.34. The molecule has 2 atom stereocenters. The number of halogens is 1. The summed E-state index contributed by atoms with van der Waals surface area (Å²) in [6.45, 7) is 5.86. The molecule has 2 nitrogen and oxygen atoms in total. The van der Waals surface area contributed by atoms with Crippen LogP contribution < -0.4 is 5.32 Å². The van der Waals surface area contributed by atoms with Crippen LogP contribution >= 0.6 is 0 Å². The Kier molecular flexibility index (Phi) is 4.79. The first-order valence-corrected chi connectivity index (χ1v) is 7.56. The fraction of sp³-hybridized carbons (Fsp3) is 0.588. The van der Waals surface area contributed by atoms with Crippen molar-refractivity contribution >= 4 is 5.91 Å². The molecule has 1 saturated carbocycles. The molecule has 1 aliphatic rings. The summed E-state index contributed by atoms with van der Waals surface area (Å²) in [6.07, 6.45) is 3.81. The van der Waals surface area contributed by atoms with Crippen molar-refractivity contribution in [1.82, 2.24) is 5.32 Å². The molecular weight excluding hydrogens is 253 g/mol. The highest BCUT2D eigenvalue weighted by Crippen LogP contribution is 2.44. The van der Waals surface area contributed by atoms with Crippen LogP contribution in [0.15, 0.2) is 18.2 Å². The zero-order valence-electron chi connectivity index (χ0n) is 12.6. The second-order valence-electron chi connectivity index (χ2n) is 6.03. The van der Waals surface area contributed by atoms with E-state index in [0.29, 0.717) is 17.9 Å². The molecule has 0 radical (unpaired) electrons. The summed E-state index contributed by atoms with van der Waals surface area (Å²) in [5, 5.41) is 3.03. The number of nitrogens with one attached hydrogen (secondary N) is 1. The Balaban J connectivity index is 2.07. The molecule has 0 saturated heterocycles. The number of carbonyl (C=O) groups is 1. The van der Waals surface area contributed by atoms with Gasteiger partial charge in [-0.1, -0.05) is 19.1 Å². The Morgan fingerprint density at radius 2 is 2.15 bits per heavy atom. The standard InChI is InChI=1S/C17H24FNO/c1-4-12(3)19-17(20)10-15(13-5-6-13)14-7-8-16(18)11(2)9-14/h7-9,12-13,15H,4-6,10H2,1-3H3,(H,19,20). The summed E-state index contributed by atoms with van der Waals surface area (Å²) in [5.41, 5.74) is 1.76. The second-order valence-corrected chi connectivity index (χ2v) is 6.03. The molecule has 2 unspecified atom stereocenters. The van der Waals surface area contributed by atoms with Gasteiger partial charge in [-0.15, -0.1) is 0 Å². The van der Waals surface area contributed by atoms with Crippen LogP contribution in [-0.2, 0) is 4.79 Å². The van der Waals surface area contributed by atoms with Crippen molar-refractivity contribution in [3.05, 3.63) is 35.1 Å². The number of hydrogen-bond donors (Lipinski definition) is 1. The van der Waals surface area contributed by atoms with Crippen molar-refractivity contribution < 1.29 is 9.18 Å². The van der Waals surface area contributed by atoms with Crippen LogP contribution in [0.1, 0.15) is 56.6 Å². The Morgan fingerprint density at radius 3 is 2.70 bits per heavy atom. The minimum atomic E-state index is -0.174. The smallest absolute Gasteiger partial charge is 0.220 e.